The van der Waals surface area contributed by atoms with Crippen molar-refractivity contribution >= 4 is 37.8 Å². The number of amides is 1. The van der Waals surface area contributed by atoms with Crippen LogP contribution in [-0.4, -0.2) is 17.9 Å². The number of hydrogen-bond acceptors (Lipinski definition) is 1. The molecule has 5 heteroatoms. The lowest BCUT2D eigenvalue weighted by Crippen LogP contribution is -2.26. The summed E-state index contributed by atoms with van der Waals surface area (Å²) in [6.45, 7) is 0.429. The van der Waals surface area contributed by atoms with E-state index in [9.17, 15) is 9.18 Å². The van der Waals surface area contributed by atoms with Crippen molar-refractivity contribution in [3.63, 3.8) is 0 Å². The Morgan fingerprint density at radius 1 is 1.15 bits per heavy atom. The van der Waals surface area contributed by atoms with E-state index in [0.717, 1.165) is 14.5 Å². The summed E-state index contributed by atoms with van der Waals surface area (Å²) in [5.74, 6) is -0.375. The van der Waals surface area contributed by atoms with Gasteiger partial charge in [0, 0.05) is 22.5 Å². The number of benzene rings is 2. The molecule has 0 aliphatic heterocycles. The normalized spacial score (nSPS) is 10.4. The van der Waals surface area contributed by atoms with Gasteiger partial charge in [-0.15, -0.1) is 0 Å². The predicted molar refractivity (Wildman–Crippen MR) is 84.0 cm³/mol. The third kappa shape index (κ3) is 3.67. The fourth-order valence-corrected chi connectivity index (χ4v) is 2.58. The lowest BCUT2D eigenvalue weighted by molar-refractivity contribution is 0.0784. The molecule has 0 aromatic heterocycles. The number of carbonyl (C=O) groups is 1. The van der Waals surface area contributed by atoms with Crippen molar-refractivity contribution in [3.8, 4) is 0 Å². The van der Waals surface area contributed by atoms with Crippen molar-refractivity contribution in [2.45, 2.75) is 6.54 Å². The van der Waals surface area contributed by atoms with Crippen LogP contribution in [0.5, 0.6) is 0 Å². The first kappa shape index (κ1) is 15.2. The molecule has 0 saturated carbocycles. The molecule has 0 radical (unpaired) electrons. The van der Waals surface area contributed by atoms with Crippen LogP contribution in [0.25, 0.3) is 0 Å². The summed E-state index contributed by atoms with van der Waals surface area (Å²) in [5, 5.41) is 0. The van der Waals surface area contributed by atoms with Gasteiger partial charge in [-0.05, 0) is 51.8 Å². The van der Waals surface area contributed by atoms with Crippen LogP contribution >= 0.6 is 31.9 Å². The third-order valence-electron chi connectivity index (χ3n) is 2.84. The molecule has 0 N–H and O–H groups in total. The van der Waals surface area contributed by atoms with Crippen molar-refractivity contribution in [2.75, 3.05) is 7.05 Å². The molecule has 104 valence electrons. The highest BCUT2D eigenvalue weighted by atomic mass is 79.9. The molecular weight excluding hydrogens is 389 g/mol. The molecule has 0 aliphatic carbocycles. The highest BCUT2D eigenvalue weighted by molar-refractivity contribution is 9.11. The summed E-state index contributed by atoms with van der Waals surface area (Å²) in [4.78, 5) is 14.0. The number of halogens is 3. The van der Waals surface area contributed by atoms with Crippen LogP contribution in [0.15, 0.2) is 51.4 Å². The highest BCUT2D eigenvalue weighted by Crippen LogP contribution is 2.23. The Morgan fingerprint density at radius 2 is 1.80 bits per heavy atom. The fourth-order valence-electron chi connectivity index (χ4n) is 1.80. The smallest absolute Gasteiger partial charge is 0.255 e. The van der Waals surface area contributed by atoms with Gasteiger partial charge in [-0.3, -0.25) is 4.79 Å². The molecule has 2 aromatic carbocycles. The van der Waals surface area contributed by atoms with E-state index in [1.165, 1.54) is 12.1 Å². The van der Waals surface area contributed by atoms with Crippen LogP contribution in [0.2, 0.25) is 0 Å². The van der Waals surface area contributed by atoms with Gasteiger partial charge in [0.2, 0.25) is 0 Å². The van der Waals surface area contributed by atoms with Crippen LogP contribution in [0.4, 0.5) is 4.39 Å². The van der Waals surface area contributed by atoms with Crippen LogP contribution < -0.4 is 0 Å². The first-order chi connectivity index (χ1) is 9.47. The minimum Gasteiger partial charge on any atom is -0.337 e. The molecule has 0 spiro atoms. The molecule has 2 nitrogen and oxygen atoms in total. The van der Waals surface area contributed by atoms with Gasteiger partial charge in [-0.2, -0.15) is 0 Å². The molecule has 0 saturated heterocycles. The second-order valence-corrected chi connectivity index (χ2v) is 6.18. The number of carbonyl (C=O) groups excluding carboxylic acids is 1. The minimum atomic E-state index is -0.280. The first-order valence-corrected chi connectivity index (χ1v) is 7.51. The van der Waals surface area contributed by atoms with Gasteiger partial charge in [-0.25, -0.2) is 4.39 Å². The average molecular weight is 401 g/mol. The van der Waals surface area contributed by atoms with E-state index in [0.29, 0.717) is 12.1 Å². The minimum absolute atomic E-state index is 0.0949. The molecule has 0 fully saturated rings. The lowest BCUT2D eigenvalue weighted by atomic mass is 10.1. The Labute approximate surface area is 133 Å². The van der Waals surface area contributed by atoms with Gasteiger partial charge in [0.05, 0.1) is 5.56 Å². The Hall–Kier alpha value is -1.20. The zero-order chi connectivity index (χ0) is 14.7. The van der Waals surface area contributed by atoms with Crippen molar-refractivity contribution in [1.82, 2.24) is 4.90 Å². The topological polar surface area (TPSA) is 20.3 Å². The molecule has 20 heavy (non-hydrogen) atoms. The van der Waals surface area contributed by atoms with Crippen LogP contribution in [0.3, 0.4) is 0 Å². The largest absolute Gasteiger partial charge is 0.337 e. The number of nitrogens with zero attached hydrogens (tertiary/aromatic N) is 1. The van der Waals surface area contributed by atoms with Gasteiger partial charge in [0.25, 0.3) is 5.91 Å². The van der Waals surface area contributed by atoms with Gasteiger partial charge in [0.1, 0.15) is 5.82 Å². The molecule has 1 amide bonds. The van der Waals surface area contributed by atoms with Crippen LogP contribution in [-0.2, 0) is 6.54 Å². The summed E-state index contributed by atoms with van der Waals surface area (Å²) in [6, 6.07) is 11.6. The van der Waals surface area contributed by atoms with E-state index in [1.54, 1.807) is 30.1 Å². The predicted octanol–water partition coefficient (Wildman–Crippen LogP) is 4.62. The van der Waals surface area contributed by atoms with Gasteiger partial charge >= 0.3 is 0 Å². The molecule has 0 aliphatic rings. The molecule has 0 atom stereocenters. The van der Waals surface area contributed by atoms with Crippen LogP contribution in [0, 0.1) is 5.82 Å². The van der Waals surface area contributed by atoms with Crippen molar-refractivity contribution in [1.29, 1.82) is 0 Å². The van der Waals surface area contributed by atoms with Crippen molar-refractivity contribution in [2.24, 2.45) is 0 Å². The Bertz CT molecular complexity index is 628. The number of rotatable bonds is 3. The summed E-state index contributed by atoms with van der Waals surface area (Å²) in [5.41, 5.74) is 1.47. The molecule has 2 rings (SSSR count). The van der Waals surface area contributed by atoms with E-state index in [2.05, 4.69) is 31.9 Å². The van der Waals surface area contributed by atoms with E-state index in [1.807, 2.05) is 12.1 Å². The first-order valence-electron chi connectivity index (χ1n) is 5.92. The molecule has 2 aromatic rings. The third-order valence-corrected chi connectivity index (χ3v) is 4.02. The SMILES string of the molecule is CN(Cc1ccc(F)cc1)C(=O)c1cc(Br)ccc1Br. The monoisotopic (exact) mass is 399 g/mol. The zero-order valence-electron chi connectivity index (χ0n) is 10.7. The standard InChI is InChI=1S/C15H12Br2FNO/c1-19(9-10-2-5-12(18)6-3-10)15(20)13-8-11(16)4-7-14(13)17/h2-8H,9H2,1H3. The summed E-state index contributed by atoms with van der Waals surface area (Å²) in [6.07, 6.45) is 0. The van der Waals surface area contributed by atoms with Crippen molar-refractivity contribution < 1.29 is 9.18 Å². The molecule has 0 unspecified atom stereocenters. The van der Waals surface area contributed by atoms with E-state index < -0.39 is 0 Å². The van der Waals surface area contributed by atoms with Gasteiger partial charge in [0.15, 0.2) is 0 Å². The molecular formula is C15H12Br2FNO. The highest BCUT2D eigenvalue weighted by Gasteiger charge is 2.15. The van der Waals surface area contributed by atoms with Crippen molar-refractivity contribution in [3.05, 3.63) is 68.4 Å². The van der Waals surface area contributed by atoms with Gasteiger partial charge in [-0.1, -0.05) is 28.1 Å². The summed E-state index contributed by atoms with van der Waals surface area (Å²) >= 11 is 6.73. The summed E-state index contributed by atoms with van der Waals surface area (Å²) in [7, 11) is 1.72. The zero-order valence-corrected chi connectivity index (χ0v) is 13.9. The lowest BCUT2D eigenvalue weighted by Gasteiger charge is -2.18. The van der Waals surface area contributed by atoms with Gasteiger partial charge < -0.3 is 4.90 Å². The number of hydrogen-bond donors (Lipinski definition) is 0. The Morgan fingerprint density at radius 3 is 2.45 bits per heavy atom. The maximum Gasteiger partial charge on any atom is 0.255 e. The maximum absolute atomic E-state index is 12.9. The Balaban J connectivity index is 2.16. The molecule has 0 bridgehead atoms. The van der Waals surface area contributed by atoms with E-state index in [-0.39, 0.29) is 11.7 Å². The maximum atomic E-state index is 12.9. The second kappa shape index (κ2) is 6.50. The van der Waals surface area contributed by atoms with Crippen LogP contribution in [0.1, 0.15) is 15.9 Å². The fraction of sp³-hybridized carbons (Fsp3) is 0.133. The second-order valence-electron chi connectivity index (χ2n) is 4.41. The Kier molecular flexibility index (Phi) is 4.94. The average Bonchev–Trinajstić information content (AvgIpc) is 2.43. The summed E-state index contributed by atoms with van der Waals surface area (Å²) < 4.78 is 14.4. The van der Waals surface area contributed by atoms with E-state index >= 15 is 0 Å². The van der Waals surface area contributed by atoms with E-state index in [4.69, 9.17) is 0 Å². The quantitative estimate of drug-likeness (QED) is 0.735. The molecule has 0 heterocycles.